The minimum absolute atomic E-state index is 0. The van der Waals surface area contributed by atoms with Gasteiger partial charge < -0.3 is 10.2 Å². The van der Waals surface area contributed by atoms with Crippen molar-refractivity contribution in [2.24, 2.45) is 0 Å². The number of H-pyrrole nitrogens is 1. The molecule has 0 aliphatic heterocycles. The summed E-state index contributed by atoms with van der Waals surface area (Å²) in [7, 11) is 0. The molecule has 4 aromatic heterocycles. The van der Waals surface area contributed by atoms with Gasteiger partial charge in [-0.1, -0.05) is 88.7 Å². The van der Waals surface area contributed by atoms with Crippen LogP contribution in [0.25, 0.3) is 45.3 Å². The SMILES string of the molecule is CC(C)(C)c1cc(-c2cc(C(F)(F)F)[nH]n2)nc(-c2[c-]cc(F)cc2F)c1.Cc1cc(-c2cc(C(C)(C)C)cc(-c3[c-]cc(F)cc3F)n2)[n-]n1.[Ir+3]. The topological polar surface area (TPSA) is 81.5 Å². The molecular weight excluding hydrogens is 866 g/mol. The Morgan fingerprint density at radius 3 is 1.48 bits per heavy atom. The van der Waals surface area contributed by atoms with Crippen LogP contribution < -0.4 is 5.10 Å². The van der Waals surface area contributed by atoms with Crippen molar-refractivity contribution < 1.29 is 50.8 Å². The molecule has 6 rings (SSSR count). The molecule has 0 amide bonds. The summed E-state index contributed by atoms with van der Waals surface area (Å²) in [6.45, 7) is 13.7. The quantitative estimate of drug-likeness (QED) is 0.141. The third-order valence-electron chi connectivity index (χ3n) is 7.68. The Kier molecular flexibility index (Phi) is 11.7. The molecule has 6 aromatic rings. The van der Waals surface area contributed by atoms with Crippen LogP contribution in [-0.2, 0) is 37.1 Å². The van der Waals surface area contributed by atoms with E-state index in [9.17, 15) is 30.7 Å². The summed E-state index contributed by atoms with van der Waals surface area (Å²) in [4.78, 5) is 8.72. The zero-order valence-electron chi connectivity index (χ0n) is 29.0. The molecule has 4 heterocycles. The second-order valence-corrected chi connectivity index (χ2v) is 13.9. The van der Waals surface area contributed by atoms with Crippen molar-refractivity contribution in [2.75, 3.05) is 0 Å². The van der Waals surface area contributed by atoms with Crippen LogP contribution in [0.5, 0.6) is 0 Å². The number of aromatic amines is 1. The molecule has 0 bridgehead atoms. The van der Waals surface area contributed by atoms with E-state index in [1.165, 1.54) is 0 Å². The average molecular weight is 898 g/mol. The van der Waals surface area contributed by atoms with Crippen LogP contribution >= 0.6 is 0 Å². The van der Waals surface area contributed by atoms with Crippen LogP contribution in [0.15, 0.2) is 60.7 Å². The van der Waals surface area contributed by atoms with Gasteiger partial charge in [0.1, 0.15) is 11.4 Å². The molecule has 0 aliphatic carbocycles. The number of halogens is 7. The van der Waals surface area contributed by atoms with Crippen molar-refractivity contribution in [3.05, 3.63) is 119 Å². The zero-order chi connectivity index (χ0) is 37.5. The number of pyridine rings is 2. The zero-order valence-corrected chi connectivity index (χ0v) is 31.4. The van der Waals surface area contributed by atoms with Crippen molar-refractivity contribution in [1.82, 2.24) is 30.4 Å². The Morgan fingerprint density at radius 1 is 0.615 bits per heavy atom. The summed E-state index contributed by atoms with van der Waals surface area (Å²) in [5.74, 6) is -3.01. The molecule has 0 radical (unpaired) electrons. The van der Waals surface area contributed by atoms with Gasteiger partial charge in [-0.05, 0) is 58.5 Å². The molecular formula is C38H32F7IrN6. The summed E-state index contributed by atoms with van der Waals surface area (Å²) in [5.41, 5.74) is 2.82. The fourth-order valence-electron chi connectivity index (χ4n) is 4.84. The van der Waals surface area contributed by atoms with E-state index in [0.717, 1.165) is 35.5 Å². The summed E-state index contributed by atoms with van der Waals surface area (Å²) in [6.07, 6.45) is -4.58. The Morgan fingerprint density at radius 2 is 1.08 bits per heavy atom. The van der Waals surface area contributed by atoms with Crippen molar-refractivity contribution in [1.29, 1.82) is 0 Å². The normalized spacial score (nSPS) is 11.9. The molecule has 52 heavy (non-hydrogen) atoms. The Labute approximate surface area is 309 Å². The molecule has 1 N–H and O–H groups in total. The van der Waals surface area contributed by atoms with E-state index in [4.69, 9.17) is 0 Å². The molecule has 0 aliphatic rings. The van der Waals surface area contributed by atoms with Gasteiger partial charge in [-0.15, -0.1) is 24.3 Å². The second kappa shape index (κ2) is 15.1. The van der Waals surface area contributed by atoms with Gasteiger partial charge in [0.15, 0.2) is 0 Å². The van der Waals surface area contributed by atoms with Gasteiger partial charge >= 0.3 is 26.3 Å². The maximum atomic E-state index is 14.2. The number of benzene rings is 2. The molecule has 2 aromatic carbocycles. The first-order chi connectivity index (χ1) is 23.7. The van der Waals surface area contributed by atoms with Gasteiger partial charge in [-0.2, -0.15) is 18.3 Å². The third-order valence-corrected chi connectivity index (χ3v) is 7.68. The number of hydrogen-bond acceptors (Lipinski definition) is 4. The first-order valence-electron chi connectivity index (χ1n) is 15.6. The van der Waals surface area contributed by atoms with Crippen molar-refractivity contribution in [2.45, 2.75) is 65.5 Å². The maximum Gasteiger partial charge on any atom is 3.00 e. The smallest absolute Gasteiger partial charge is 0.574 e. The van der Waals surface area contributed by atoms with Crippen LogP contribution in [0.2, 0.25) is 0 Å². The number of aryl methyl sites for hydroxylation is 1. The third kappa shape index (κ3) is 9.40. The van der Waals surface area contributed by atoms with Crippen LogP contribution in [0.1, 0.15) is 64.1 Å². The number of aromatic nitrogens is 6. The first-order valence-corrected chi connectivity index (χ1v) is 15.6. The van der Waals surface area contributed by atoms with Gasteiger partial charge in [0.25, 0.3) is 0 Å². The van der Waals surface area contributed by atoms with Crippen molar-refractivity contribution in [3.8, 4) is 45.3 Å². The largest absolute Gasteiger partial charge is 3.00 e. The predicted molar refractivity (Wildman–Crippen MR) is 178 cm³/mol. The summed E-state index contributed by atoms with van der Waals surface area (Å²) < 4.78 is 93.2. The van der Waals surface area contributed by atoms with E-state index < -0.39 is 40.6 Å². The Balaban J connectivity index is 0.000000230. The number of rotatable bonds is 4. The van der Waals surface area contributed by atoms with Crippen molar-refractivity contribution >= 4 is 0 Å². The summed E-state index contributed by atoms with van der Waals surface area (Å²) in [6, 6.07) is 18.3. The molecule has 272 valence electrons. The molecule has 0 atom stereocenters. The predicted octanol–water partition coefficient (Wildman–Crippen LogP) is 9.98. The minimum atomic E-state index is -4.58. The monoisotopic (exact) mass is 898 g/mol. The summed E-state index contributed by atoms with van der Waals surface area (Å²) in [5, 5.41) is 13.7. The fraction of sp³-hybridized carbons (Fsp3) is 0.263. The van der Waals surface area contributed by atoms with Gasteiger partial charge in [-0.25, -0.2) is 0 Å². The molecule has 0 saturated carbocycles. The molecule has 6 nitrogen and oxygen atoms in total. The number of nitrogens with one attached hydrogen (secondary N) is 1. The molecule has 0 fully saturated rings. The summed E-state index contributed by atoms with van der Waals surface area (Å²) >= 11 is 0. The van der Waals surface area contributed by atoms with Crippen LogP contribution in [-0.4, -0.2) is 25.3 Å². The fourth-order valence-corrected chi connectivity index (χ4v) is 4.84. The van der Waals surface area contributed by atoms with E-state index in [1.807, 2.05) is 44.9 Å². The van der Waals surface area contributed by atoms with E-state index in [1.54, 1.807) is 18.2 Å². The van der Waals surface area contributed by atoms with Gasteiger partial charge in [0.05, 0.1) is 5.69 Å². The van der Waals surface area contributed by atoms with Gasteiger partial charge in [0.2, 0.25) is 0 Å². The Hall–Kier alpha value is -4.68. The van der Waals surface area contributed by atoms with Crippen LogP contribution in [0.3, 0.4) is 0 Å². The van der Waals surface area contributed by atoms with E-state index in [2.05, 4.69) is 58.2 Å². The van der Waals surface area contributed by atoms with E-state index in [0.29, 0.717) is 28.7 Å². The molecule has 0 spiro atoms. The Bertz CT molecular complexity index is 2190. The molecule has 0 unspecified atom stereocenters. The van der Waals surface area contributed by atoms with E-state index in [-0.39, 0.29) is 53.7 Å². The number of nitrogens with zero attached hydrogens (tertiary/aromatic N) is 5. The second-order valence-electron chi connectivity index (χ2n) is 13.9. The average Bonchev–Trinajstić information content (AvgIpc) is 3.70. The standard InChI is InChI=1S/C19H15F5N3.C19H17F2N3.Ir/c1-18(2,3)10-6-14(12-5-4-11(20)8-13(12)21)25-15(7-10)16-9-17(27-26-16)19(22,23)24;1-11-7-18(24-23-11)17-9-12(19(2,3)4)8-16(22-17)14-6-5-13(20)10-15(14)21;/h4,6-9H,1-3H3,(H,26,27);5,7-10H,1-4H3;/q-1;-2;+3. The van der Waals surface area contributed by atoms with Crippen LogP contribution in [0, 0.1) is 42.3 Å². The number of hydrogen-bond donors (Lipinski definition) is 1. The van der Waals surface area contributed by atoms with Gasteiger partial charge in [0, 0.05) is 34.7 Å². The van der Waals surface area contributed by atoms with Crippen LogP contribution in [0.4, 0.5) is 30.7 Å². The van der Waals surface area contributed by atoms with Gasteiger partial charge in [-0.3, -0.25) is 32.6 Å². The minimum Gasteiger partial charge on any atom is -0.574 e. The maximum absolute atomic E-state index is 14.2. The van der Waals surface area contributed by atoms with E-state index >= 15 is 0 Å². The van der Waals surface area contributed by atoms with Crippen molar-refractivity contribution in [3.63, 3.8) is 0 Å². The molecule has 14 heteroatoms. The molecule has 0 saturated heterocycles. The first kappa shape index (κ1) is 40.1. The number of alkyl halides is 3.